The standard InChI is InChI=1S/C13H10N4OS2/c1-20(18)7-9(10-3-2-4-19-10)17-13-12(20)11(15)8(5-14)6-16-13/h2-4,6-7H,1H3,(H2,15,16,17). The molecule has 1 aliphatic rings. The molecule has 7 heteroatoms. The van der Waals surface area contributed by atoms with E-state index in [-0.39, 0.29) is 11.3 Å². The topological polar surface area (TPSA) is 92.1 Å². The van der Waals surface area contributed by atoms with Crippen LogP contribution in [0.4, 0.5) is 11.5 Å². The highest BCUT2D eigenvalue weighted by molar-refractivity contribution is 8.02. The van der Waals surface area contributed by atoms with Crippen LogP contribution in [0.15, 0.2) is 33.6 Å². The molecule has 0 aliphatic carbocycles. The maximum absolute atomic E-state index is 12.9. The van der Waals surface area contributed by atoms with E-state index in [0.29, 0.717) is 16.4 Å². The minimum atomic E-state index is -2.52. The Morgan fingerprint density at radius 2 is 2.30 bits per heavy atom. The third kappa shape index (κ3) is 1.90. The van der Waals surface area contributed by atoms with Gasteiger partial charge in [0.1, 0.15) is 6.07 Å². The first-order chi connectivity index (χ1) is 9.53. The lowest BCUT2D eigenvalue weighted by atomic mass is 10.2. The van der Waals surface area contributed by atoms with E-state index in [1.54, 1.807) is 11.6 Å². The van der Waals surface area contributed by atoms with Gasteiger partial charge in [-0.1, -0.05) is 6.07 Å². The Kier molecular flexibility index (Phi) is 2.85. The zero-order valence-electron chi connectivity index (χ0n) is 10.5. The number of nitrogens with two attached hydrogens (primary N) is 1. The lowest BCUT2D eigenvalue weighted by Gasteiger charge is -2.17. The van der Waals surface area contributed by atoms with Gasteiger partial charge in [-0.05, 0) is 11.4 Å². The second-order valence-electron chi connectivity index (χ2n) is 4.35. The Balaban J connectivity index is 2.32. The fraction of sp³-hybridized carbons (Fsp3) is 0.0769. The highest BCUT2D eigenvalue weighted by Crippen LogP contribution is 2.33. The van der Waals surface area contributed by atoms with Crippen LogP contribution in [0.2, 0.25) is 0 Å². The molecule has 3 heterocycles. The molecule has 0 saturated carbocycles. The van der Waals surface area contributed by atoms with Crippen LogP contribution in [0.5, 0.6) is 0 Å². The first-order valence-corrected chi connectivity index (χ1v) is 8.59. The molecule has 2 aromatic rings. The number of pyridine rings is 1. The Morgan fingerprint density at radius 3 is 2.95 bits per heavy atom. The third-order valence-electron chi connectivity index (χ3n) is 2.92. The molecule has 5 nitrogen and oxygen atoms in total. The van der Waals surface area contributed by atoms with Gasteiger partial charge in [-0.15, -0.1) is 11.3 Å². The van der Waals surface area contributed by atoms with Gasteiger partial charge in [-0.2, -0.15) is 5.26 Å². The SMILES string of the molecule is CS1(=O)=CC(c2cccs2)=Nc2ncc(C#N)c(N)c21. The van der Waals surface area contributed by atoms with E-state index in [1.807, 2.05) is 23.6 Å². The number of fused-ring (bicyclic) bond motifs is 1. The summed E-state index contributed by atoms with van der Waals surface area (Å²) in [6.45, 7) is 0. The van der Waals surface area contributed by atoms with Gasteiger partial charge in [-0.3, -0.25) is 4.21 Å². The fourth-order valence-electron chi connectivity index (χ4n) is 2.01. The van der Waals surface area contributed by atoms with Crippen LogP contribution in [-0.2, 0) is 9.52 Å². The second kappa shape index (κ2) is 4.44. The Labute approximate surface area is 120 Å². The zero-order valence-corrected chi connectivity index (χ0v) is 12.2. The van der Waals surface area contributed by atoms with Gasteiger partial charge in [-0.25, -0.2) is 9.98 Å². The molecule has 0 radical (unpaired) electrons. The Bertz CT molecular complexity index is 882. The van der Waals surface area contributed by atoms with Crippen molar-refractivity contribution in [2.75, 3.05) is 12.0 Å². The summed E-state index contributed by atoms with van der Waals surface area (Å²) < 4.78 is 12.9. The van der Waals surface area contributed by atoms with Crippen LogP contribution >= 0.6 is 11.3 Å². The first-order valence-electron chi connectivity index (χ1n) is 5.68. The smallest absolute Gasteiger partial charge is 0.170 e. The summed E-state index contributed by atoms with van der Waals surface area (Å²) in [4.78, 5) is 9.82. The highest BCUT2D eigenvalue weighted by Gasteiger charge is 2.24. The zero-order chi connectivity index (χ0) is 14.3. The molecule has 20 heavy (non-hydrogen) atoms. The first kappa shape index (κ1) is 12.8. The van der Waals surface area contributed by atoms with Crippen LogP contribution in [0.3, 0.4) is 0 Å². The quantitative estimate of drug-likeness (QED) is 0.813. The van der Waals surface area contributed by atoms with E-state index < -0.39 is 9.52 Å². The summed E-state index contributed by atoms with van der Waals surface area (Å²) in [6, 6.07) is 5.77. The number of nitrogens with zero attached hydrogens (tertiary/aromatic N) is 3. The van der Waals surface area contributed by atoms with Crippen molar-refractivity contribution in [1.82, 2.24) is 4.98 Å². The van der Waals surface area contributed by atoms with Crippen molar-refractivity contribution in [2.24, 2.45) is 4.99 Å². The Morgan fingerprint density at radius 1 is 1.50 bits per heavy atom. The lowest BCUT2D eigenvalue weighted by molar-refractivity contribution is 0.684. The van der Waals surface area contributed by atoms with Gasteiger partial charge >= 0.3 is 0 Å². The van der Waals surface area contributed by atoms with Crippen molar-refractivity contribution in [3.8, 4) is 6.07 Å². The van der Waals surface area contributed by atoms with Crippen molar-refractivity contribution in [2.45, 2.75) is 4.90 Å². The fourth-order valence-corrected chi connectivity index (χ4v) is 4.51. The van der Waals surface area contributed by atoms with Gasteiger partial charge in [0.25, 0.3) is 0 Å². The predicted octanol–water partition coefficient (Wildman–Crippen LogP) is 1.81. The van der Waals surface area contributed by atoms with E-state index in [1.165, 1.54) is 17.5 Å². The lowest BCUT2D eigenvalue weighted by Crippen LogP contribution is -2.17. The van der Waals surface area contributed by atoms with Crippen molar-refractivity contribution < 1.29 is 4.21 Å². The van der Waals surface area contributed by atoms with Crippen LogP contribution in [0.1, 0.15) is 10.4 Å². The van der Waals surface area contributed by atoms with E-state index in [2.05, 4.69) is 9.98 Å². The average molecular weight is 302 g/mol. The van der Waals surface area contributed by atoms with Crippen LogP contribution in [0, 0.1) is 11.3 Å². The van der Waals surface area contributed by atoms with E-state index >= 15 is 0 Å². The van der Waals surface area contributed by atoms with Crippen LogP contribution in [0.25, 0.3) is 0 Å². The summed E-state index contributed by atoms with van der Waals surface area (Å²) in [6.07, 6.45) is 2.96. The molecule has 0 amide bonds. The number of hydrogen-bond acceptors (Lipinski definition) is 6. The van der Waals surface area contributed by atoms with Crippen molar-refractivity contribution in [1.29, 1.82) is 5.26 Å². The maximum Gasteiger partial charge on any atom is 0.170 e. The summed E-state index contributed by atoms with van der Waals surface area (Å²) in [5.74, 6) is 0.333. The predicted molar refractivity (Wildman–Crippen MR) is 82.3 cm³/mol. The number of nitrogen functional groups attached to an aromatic ring is 1. The molecule has 0 spiro atoms. The number of thiophene rings is 1. The molecule has 0 bridgehead atoms. The summed E-state index contributed by atoms with van der Waals surface area (Å²) in [5.41, 5.74) is 6.99. The molecule has 3 rings (SSSR count). The minimum absolute atomic E-state index is 0.204. The maximum atomic E-state index is 12.9. The molecular formula is C13H10N4OS2. The monoisotopic (exact) mass is 302 g/mol. The number of anilines is 1. The molecule has 1 atom stereocenters. The summed E-state index contributed by atoms with van der Waals surface area (Å²) in [5, 5.41) is 12.5. The van der Waals surface area contributed by atoms with Crippen molar-refractivity contribution in [3.63, 3.8) is 0 Å². The molecule has 2 N–H and O–H groups in total. The van der Waals surface area contributed by atoms with Gasteiger partial charge in [0.2, 0.25) is 0 Å². The van der Waals surface area contributed by atoms with Crippen molar-refractivity contribution in [3.05, 3.63) is 34.2 Å². The van der Waals surface area contributed by atoms with Gasteiger partial charge in [0.15, 0.2) is 5.82 Å². The molecule has 0 saturated heterocycles. The van der Waals surface area contributed by atoms with Crippen LogP contribution in [-0.4, -0.2) is 26.5 Å². The third-order valence-corrected chi connectivity index (χ3v) is 5.69. The summed E-state index contributed by atoms with van der Waals surface area (Å²) >= 11 is 1.52. The molecule has 0 fully saturated rings. The molecule has 1 unspecified atom stereocenters. The molecule has 2 aromatic heterocycles. The Hall–Kier alpha value is -2.17. The molecular weight excluding hydrogens is 292 g/mol. The number of nitriles is 1. The number of aromatic nitrogens is 1. The average Bonchev–Trinajstić information content (AvgIpc) is 2.91. The number of rotatable bonds is 1. The second-order valence-corrected chi connectivity index (χ2v) is 7.75. The van der Waals surface area contributed by atoms with E-state index in [0.717, 1.165) is 4.88 Å². The van der Waals surface area contributed by atoms with Crippen molar-refractivity contribution >= 4 is 43.4 Å². The van der Waals surface area contributed by atoms with Gasteiger partial charge < -0.3 is 5.73 Å². The van der Waals surface area contributed by atoms with Gasteiger partial charge in [0.05, 0.1) is 26.7 Å². The van der Waals surface area contributed by atoms with Gasteiger partial charge in [0, 0.05) is 27.3 Å². The molecule has 100 valence electrons. The highest BCUT2D eigenvalue weighted by atomic mass is 32.2. The molecule has 0 aromatic carbocycles. The number of hydrogen-bond donors (Lipinski definition) is 1. The number of aliphatic imine (C=N–C) groups is 1. The largest absolute Gasteiger partial charge is 0.397 e. The normalized spacial score (nSPS) is 20.5. The minimum Gasteiger partial charge on any atom is -0.397 e. The molecule has 1 aliphatic heterocycles. The van der Waals surface area contributed by atoms with E-state index in [9.17, 15) is 4.21 Å². The van der Waals surface area contributed by atoms with Crippen LogP contribution < -0.4 is 5.73 Å². The summed E-state index contributed by atoms with van der Waals surface area (Å²) in [7, 11) is -2.52. The van der Waals surface area contributed by atoms with E-state index in [4.69, 9.17) is 11.0 Å².